The molecular weight excluding hydrogens is 327 g/mol. The zero-order valence-electron chi connectivity index (χ0n) is 12.0. The van der Waals surface area contributed by atoms with Gasteiger partial charge < -0.3 is 9.47 Å². The topological polar surface area (TPSA) is 35.5 Å². The fourth-order valence-electron chi connectivity index (χ4n) is 1.57. The minimum Gasteiger partial charge on any atom is -0.460 e. The van der Waals surface area contributed by atoms with Crippen LogP contribution in [-0.2, 0) is 20.7 Å². The third kappa shape index (κ3) is 6.48. The van der Waals surface area contributed by atoms with E-state index < -0.39 is 5.60 Å². The van der Waals surface area contributed by atoms with E-state index in [4.69, 9.17) is 9.47 Å². The number of esters is 1. The average Bonchev–Trinajstić information content (AvgIpc) is 2.31. The zero-order chi connectivity index (χ0) is 15.2. The number of benzene rings is 1. The van der Waals surface area contributed by atoms with Crippen LogP contribution in [0.2, 0.25) is 0 Å². The van der Waals surface area contributed by atoms with Crippen molar-refractivity contribution in [2.45, 2.75) is 39.2 Å². The molecule has 0 heterocycles. The number of carbonyl (C=O) groups excluding carboxylic acids is 1. The van der Waals surface area contributed by atoms with Crippen LogP contribution in [0.15, 0.2) is 22.7 Å². The maximum Gasteiger partial charge on any atom is 0.308 e. The standard InChI is InChI=1S/C15H20BrFO3/c1-15(2,3)20-13(18)8-10-19-9-7-11-5-4-6-12(16)14(11)17/h4-6H,7-10H2,1-3H3. The molecule has 1 aromatic carbocycles. The molecule has 0 aromatic heterocycles. The van der Waals surface area contributed by atoms with Crippen molar-refractivity contribution in [1.82, 2.24) is 0 Å². The van der Waals surface area contributed by atoms with Crippen LogP contribution in [0.25, 0.3) is 0 Å². The summed E-state index contributed by atoms with van der Waals surface area (Å²) in [6.07, 6.45) is 0.678. The first-order chi connectivity index (χ1) is 9.29. The molecule has 1 aromatic rings. The molecule has 0 bridgehead atoms. The van der Waals surface area contributed by atoms with E-state index in [0.29, 0.717) is 23.1 Å². The first-order valence-corrected chi connectivity index (χ1v) is 7.31. The van der Waals surface area contributed by atoms with E-state index in [1.165, 1.54) is 0 Å². The molecule has 0 atom stereocenters. The monoisotopic (exact) mass is 346 g/mol. The Balaban J connectivity index is 2.23. The van der Waals surface area contributed by atoms with Crippen LogP contribution in [0.5, 0.6) is 0 Å². The fourth-order valence-corrected chi connectivity index (χ4v) is 1.98. The third-order valence-corrected chi connectivity index (χ3v) is 3.03. The van der Waals surface area contributed by atoms with Crippen LogP contribution in [0.4, 0.5) is 4.39 Å². The van der Waals surface area contributed by atoms with Gasteiger partial charge in [0.15, 0.2) is 0 Å². The number of ether oxygens (including phenoxy) is 2. The van der Waals surface area contributed by atoms with Crippen molar-refractivity contribution in [3.8, 4) is 0 Å². The Bertz CT molecular complexity index is 455. The van der Waals surface area contributed by atoms with E-state index in [0.717, 1.165) is 0 Å². The van der Waals surface area contributed by atoms with Crippen molar-refractivity contribution < 1.29 is 18.7 Å². The largest absolute Gasteiger partial charge is 0.460 e. The smallest absolute Gasteiger partial charge is 0.308 e. The van der Waals surface area contributed by atoms with Gasteiger partial charge in [-0.2, -0.15) is 0 Å². The molecule has 0 radical (unpaired) electrons. The highest BCUT2D eigenvalue weighted by Crippen LogP contribution is 2.18. The SMILES string of the molecule is CC(C)(C)OC(=O)CCOCCc1cccc(Br)c1F. The van der Waals surface area contributed by atoms with Gasteiger partial charge in [0, 0.05) is 0 Å². The molecule has 0 N–H and O–H groups in total. The van der Waals surface area contributed by atoms with Crippen LogP contribution < -0.4 is 0 Å². The van der Waals surface area contributed by atoms with Gasteiger partial charge in [-0.15, -0.1) is 0 Å². The second-order valence-corrected chi connectivity index (χ2v) is 6.27. The fraction of sp³-hybridized carbons (Fsp3) is 0.533. The van der Waals surface area contributed by atoms with E-state index >= 15 is 0 Å². The van der Waals surface area contributed by atoms with Gasteiger partial charge in [-0.05, 0) is 54.8 Å². The van der Waals surface area contributed by atoms with Crippen LogP contribution in [0.1, 0.15) is 32.8 Å². The zero-order valence-corrected chi connectivity index (χ0v) is 13.6. The third-order valence-electron chi connectivity index (χ3n) is 2.42. The summed E-state index contributed by atoms with van der Waals surface area (Å²) >= 11 is 3.14. The van der Waals surface area contributed by atoms with Gasteiger partial charge in [-0.1, -0.05) is 12.1 Å². The van der Waals surface area contributed by atoms with E-state index in [1.54, 1.807) is 18.2 Å². The van der Waals surface area contributed by atoms with Crippen LogP contribution in [-0.4, -0.2) is 24.8 Å². The highest BCUT2D eigenvalue weighted by Gasteiger charge is 2.15. The summed E-state index contributed by atoms with van der Waals surface area (Å²) < 4.78 is 24.6. The summed E-state index contributed by atoms with van der Waals surface area (Å²) in [6, 6.07) is 5.16. The van der Waals surface area contributed by atoms with Gasteiger partial charge in [0.1, 0.15) is 11.4 Å². The predicted molar refractivity (Wildman–Crippen MR) is 79.1 cm³/mol. The Kier molecular flexibility index (Phi) is 6.62. The molecule has 0 aliphatic rings. The first-order valence-electron chi connectivity index (χ1n) is 6.52. The normalized spacial score (nSPS) is 11.4. The second kappa shape index (κ2) is 7.74. The Morgan fingerprint density at radius 1 is 1.30 bits per heavy atom. The minimum absolute atomic E-state index is 0.207. The number of hydrogen-bond acceptors (Lipinski definition) is 3. The van der Waals surface area contributed by atoms with E-state index in [1.807, 2.05) is 20.8 Å². The summed E-state index contributed by atoms with van der Waals surface area (Å²) in [4.78, 5) is 11.4. The van der Waals surface area contributed by atoms with E-state index in [-0.39, 0.29) is 24.8 Å². The summed E-state index contributed by atoms with van der Waals surface area (Å²) in [5, 5.41) is 0. The maximum atomic E-state index is 13.6. The second-order valence-electron chi connectivity index (χ2n) is 5.41. The molecule has 0 saturated carbocycles. The summed E-state index contributed by atoms with van der Waals surface area (Å²) in [5.41, 5.74) is 0.118. The molecule has 1 rings (SSSR count). The summed E-state index contributed by atoms with van der Waals surface area (Å²) in [5.74, 6) is -0.547. The van der Waals surface area contributed by atoms with Gasteiger partial charge in [0.05, 0.1) is 24.1 Å². The molecule has 0 spiro atoms. The van der Waals surface area contributed by atoms with Crippen molar-refractivity contribution in [3.63, 3.8) is 0 Å². The lowest BCUT2D eigenvalue weighted by molar-refractivity contribution is -0.156. The van der Waals surface area contributed by atoms with E-state index in [2.05, 4.69) is 15.9 Å². The van der Waals surface area contributed by atoms with Crippen LogP contribution >= 0.6 is 15.9 Å². The molecular formula is C15H20BrFO3. The van der Waals surface area contributed by atoms with Gasteiger partial charge in [0.25, 0.3) is 0 Å². The first kappa shape index (κ1) is 17.1. The van der Waals surface area contributed by atoms with Crippen LogP contribution in [0.3, 0.4) is 0 Å². The molecule has 0 amide bonds. The predicted octanol–water partition coefficient (Wildman–Crippen LogP) is 3.88. The van der Waals surface area contributed by atoms with E-state index in [9.17, 15) is 9.18 Å². The van der Waals surface area contributed by atoms with Gasteiger partial charge >= 0.3 is 5.97 Å². The Morgan fingerprint density at radius 2 is 2.00 bits per heavy atom. The lowest BCUT2D eigenvalue weighted by atomic mass is 10.1. The van der Waals surface area contributed by atoms with Gasteiger partial charge in [-0.3, -0.25) is 4.79 Å². The molecule has 0 saturated heterocycles. The van der Waals surface area contributed by atoms with Crippen molar-refractivity contribution in [3.05, 3.63) is 34.1 Å². The molecule has 5 heteroatoms. The molecule has 112 valence electrons. The van der Waals surface area contributed by atoms with Crippen molar-refractivity contribution in [2.24, 2.45) is 0 Å². The molecule has 0 aliphatic heterocycles. The minimum atomic E-state index is -0.476. The van der Waals surface area contributed by atoms with Crippen molar-refractivity contribution >= 4 is 21.9 Å². The lowest BCUT2D eigenvalue weighted by Gasteiger charge is -2.19. The Hall–Kier alpha value is -0.940. The van der Waals surface area contributed by atoms with Crippen molar-refractivity contribution in [2.75, 3.05) is 13.2 Å². The number of halogens is 2. The molecule has 20 heavy (non-hydrogen) atoms. The Morgan fingerprint density at radius 3 is 2.65 bits per heavy atom. The van der Waals surface area contributed by atoms with Gasteiger partial charge in [0.2, 0.25) is 0 Å². The molecule has 0 fully saturated rings. The Labute approximate surface area is 127 Å². The van der Waals surface area contributed by atoms with Gasteiger partial charge in [-0.25, -0.2) is 4.39 Å². The van der Waals surface area contributed by atoms with Crippen LogP contribution in [0, 0.1) is 5.82 Å². The van der Waals surface area contributed by atoms with Crippen molar-refractivity contribution in [1.29, 1.82) is 0 Å². The molecule has 0 unspecified atom stereocenters. The molecule has 0 aliphatic carbocycles. The summed E-state index contributed by atoms with van der Waals surface area (Å²) in [7, 11) is 0. The number of carbonyl (C=O) groups is 1. The highest BCUT2D eigenvalue weighted by atomic mass is 79.9. The highest BCUT2D eigenvalue weighted by molar-refractivity contribution is 9.10. The molecule has 3 nitrogen and oxygen atoms in total. The number of rotatable bonds is 6. The summed E-state index contributed by atoms with van der Waals surface area (Å²) in [6.45, 7) is 6.12. The average molecular weight is 347 g/mol. The number of hydrogen-bond donors (Lipinski definition) is 0. The quantitative estimate of drug-likeness (QED) is 0.579. The maximum absolute atomic E-state index is 13.6. The lowest BCUT2D eigenvalue weighted by Crippen LogP contribution is -2.24.